The lowest BCUT2D eigenvalue weighted by molar-refractivity contribution is 0.426. The molecule has 0 unspecified atom stereocenters. The third-order valence-electron chi connectivity index (χ3n) is 4.38. The van der Waals surface area contributed by atoms with Crippen molar-refractivity contribution in [2.75, 3.05) is 6.54 Å². The van der Waals surface area contributed by atoms with Gasteiger partial charge in [0.1, 0.15) is 5.75 Å². The molecule has 146 valence electrons. The van der Waals surface area contributed by atoms with Gasteiger partial charge < -0.3 is 10.1 Å². The first-order chi connectivity index (χ1) is 14.3. The first-order valence-electron chi connectivity index (χ1n) is 9.34. The molecule has 29 heavy (non-hydrogen) atoms. The van der Waals surface area contributed by atoms with E-state index in [0.717, 1.165) is 35.8 Å². The van der Waals surface area contributed by atoms with Crippen LogP contribution in [-0.4, -0.2) is 26.8 Å². The van der Waals surface area contributed by atoms with Gasteiger partial charge in [-0.2, -0.15) is 4.68 Å². The van der Waals surface area contributed by atoms with E-state index in [1.807, 2.05) is 60.7 Å². The van der Waals surface area contributed by atoms with Crippen molar-refractivity contribution >= 4 is 11.6 Å². The SMILES string of the molecule is Clc1ccc(CCNCc2cccc(Oc3nnnn3-c3ccccc3)c2)cc1. The van der Waals surface area contributed by atoms with Crippen LogP contribution in [0.3, 0.4) is 0 Å². The number of aromatic nitrogens is 4. The molecule has 1 N–H and O–H groups in total. The van der Waals surface area contributed by atoms with Crippen LogP contribution < -0.4 is 10.1 Å². The van der Waals surface area contributed by atoms with Gasteiger partial charge in [0.05, 0.1) is 5.69 Å². The van der Waals surface area contributed by atoms with Crippen LogP contribution in [0, 0.1) is 0 Å². The number of nitrogens with one attached hydrogen (secondary N) is 1. The molecule has 0 fully saturated rings. The van der Waals surface area contributed by atoms with E-state index >= 15 is 0 Å². The fraction of sp³-hybridized carbons (Fsp3) is 0.136. The van der Waals surface area contributed by atoms with Gasteiger partial charge in [-0.15, -0.1) is 0 Å². The Bertz CT molecular complexity index is 1050. The van der Waals surface area contributed by atoms with Crippen molar-refractivity contribution in [2.45, 2.75) is 13.0 Å². The summed E-state index contributed by atoms with van der Waals surface area (Å²) in [7, 11) is 0. The molecule has 0 aliphatic rings. The lowest BCUT2D eigenvalue weighted by Gasteiger charge is -2.09. The van der Waals surface area contributed by atoms with Crippen molar-refractivity contribution in [1.82, 2.24) is 25.5 Å². The molecule has 4 rings (SSSR count). The molecule has 0 atom stereocenters. The molecule has 0 saturated carbocycles. The normalized spacial score (nSPS) is 10.8. The summed E-state index contributed by atoms with van der Waals surface area (Å²) in [5.41, 5.74) is 3.22. The van der Waals surface area contributed by atoms with E-state index in [1.165, 1.54) is 5.56 Å². The molecular weight excluding hydrogens is 386 g/mol. The van der Waals surface area contributed by atoms with Crippen LogP contribution in [0.1, 0.15) is 11.1 Å². The maximum Gasteiger partial charge on any atom is 0.345 e. The fourth-order valence-corrected chi connectivity index (χ4v) is 3.04. The fourth-order valence-electron chi connectivity index (χ4n) is 2.91. The average Bonchev–Trinajstić information content (AvgIpc) is 3.21. The molecule has 1 aromatic heterocycles. The van der Waals surface area contributed by atoms with Crippen LogP contribution in [-0.2, 0) is 13.0 Å². The molecule has 0 spiro atoms. The molecular formula is C22H20ClN5O. The zero-order valence-corrected chi connectivity index (χ0v) is 16.5. The first-order valence-corrected chi connectivity index (χ1v) is 9.71. The molecule has 0 aliphatic carbocycles. The Labute approximate surface area is 174 Å². The van der Waals surface area contributed by atoms with Crippen LogP contribution in [0.4, 0.5) is 0 Å². The van der Waals surface area contributed by atoms with Gasteiger partial charge >= 0.3 is 6.01 Å². The van der Waals surface area contributed by atoms with Gasteiger partial charge in [-0.1, -0.05) is 59.2 Å². The quantitative estimate of drug-likeness (QED) is 0.439. The molecule has 7 heteroatoms. The number of para-hydroxylation sites is 1. The summed E-state index contributed by atoms with van der Waals surface area (Å²) in [6, 6.07) is 25.8. The summed E-state index contributed by atoms with van der Waals surface area (Å²) in [4.78, 5) is 0. The minimum atomic E-state index is 0.323. The predicted molar refractivity (Wildman–Crippen MR) is 113 cm³/mol. The maximum atomic E-state index is 5.92. The largest absolute Gasteiger partial charge is 0.423 e. The highest BCUT2D eigenvalue weighted by Gasteiger charge is 2.10. The van der Waals surface area contributed by atoms with E-state index in [9.17, 15) is 0 Å². The highest BCUT2D eigenvalue weighted by Crippen LogP contribution is 2.22. The van der Waals surface area contributed by atoms with Crippen molar-refractivity contribution < 1.29 is 4.74 Å². The van der Waals surface area contributed by atoms with Crippen molar-refractivity contribution in [1.29, 1.82) is 0 Å². The summed E-state index contributed by atoms with van der Waals surface area (Å²) in [6.45, 7) is 1.62. The lowest BCUT2D eigenvalue weighted by atomic mass is 10.1. The van der Waals surface area contributed by atoms with Crippen LogP contribution in [0.2, 0.25) is 5.02 Å². The van der Waals surface area contributed by atoms with Gasteiger partial charge in [0.2, 0.25) is 0 Å². The second kappa shape index (κ2) is 9.32. The van der Waals surface area contributed by atoms with E-state index in [4.69, 9.17) is 16.3 Å². The molecule has 0 saturated heterocycles. The number of hydrogen-bond donors (Lipinski definition) is 1. The summed E-state index contributed by atoms with van der Waals surface area (Å²) in [6.07, 6.45) is 0.944. The number of rotatable bonds is 8. The molecule has 3 aromatic carbocycles. The zero-order chi connectivity index (χ0) is 19.9. The number of ether oxygens (including phenoxy) is 1. The monoisotopic (exact) mass is 405 g/mol. The van der Waals surface area contributed by atoms with Crippen LogP contribution in [0.25, 0.3) is 5.69 Å². The highest BCUT2D eigenvalue weighted by molar-refractivity contribution is 6.30. The Kier molecular flexibility index (Phi) is 6.14. The topological polar surface area (TPSA) is 64.9 Å². The Morgan fingerprint density at radius 3 is 2.55 bits per heavy atom. The van der Waals surface area contributed by atoms with Crippen LogP contribution in [0.15, 0.2) is 78.9 Å². The Morgan fingerprint density at radius 1 is 0.897 bits per heavy atom. The minimum Gasteiger partial charge on any atom is -0.423 e. The van der Waals surface area contributed by atoms with E-state index in [-0.39, 0.29) is 0 Å². The summed E-state index contributed by atoms with van der Waals surface area (Å²) in [5, 5.41) is 15.9. The van der Waals surface area contributed by atoms with Crippen LogP contribution in [0.5, 0.6) is 11.8 Å². The Balaban J connectivity index is 1.35. The van der Waals surface area contributed by atoms with Crippen molar-refractivity contribution in [3.8, 4) is 17.4 Å². The number of benzene rings is 3. The molecule has 0 amide bonds. The predicted octanol–water partition coefficient (Wildman–Crippen LogP) is 4.44. The zero-order valence-electron chi connectivity index (χ0n) is 15.7. The van der Waals surface area contributed by atoms with Crippen LogP contribution >= 0.6 is 11.6 Å². The average molecular weight is 406 g/mol. The Morgan fingerprint density at radius 2 is 1.72 bits per heavy atom. The maximum absolute atomic E-state index is 5.92. The molecule has 0 radical (unpaired) electrons. The van der Waals surface area contributed by atoms with E-state index < -0.39 is 0 Å². The van der Waals surface area contributed by atoms with Gasteiger partial charge in [-0.3, -0.25) is 0 Å². The number of hydrogen-bond acceptors (Lipinski definition) is 5. The van der Waals surface area contributed by atoms with E-state index in [2.05, 4.69) is 39.0 Å². The molecule has 1 heterocycles. The number of tetrazole rings is 1. The summed E-state index contributed by atoms with van der Waals surface area (Å²) in [5.74, 6) is 0.689. The highest BCUT2D eigenvalue weighted by atomic mass is 35.5. The second-order valence-corrected chi connectivity index (χ2v) is 6.95. The molecule has 0 aliphatic heterocycles. The van der Waals surface area contributed by atoms with Gasteiger partial charge in [-0.05, 0) is 70.9 Å². The number of nitrogens with zero attached hydrogens (tertiary/aromatic N) is 4. The summed E-state index contributed by atoms with van der Waals surface area (Å²) < 4.78 is 7.48. The molecule has 0 bridgehead atoms. The standard InChI is InChI=1S/C22H20ClN5O/c23-19-11-9-17(10-12-19)13-14-24-16-18-5-4-8-21(15-18)29-22-25-26-27-28(22)20-6-2-1-3-7-20/h1-12,15,24H,13-14,16H2. The Hall–Kier alpha value is -3.22. The smallest absolute Gasteiger partial charge is 0.345 e. The minimum absolute atomic E-state index is 0.323. The van der Waals surface area contributed by atoms with Gasteiger partial charge in [0, 0.05) is 11.6 Å². The first kappa shape index (κ1) is 19.1. The molecule has 4 aromatic rings. The van der Waals surface area contributed by atoms with E-state index in [0.29, 0.717) is 11.8 Å². The third-order valence-corrected chi connectivity index (χ3v) is 4.63. The summed E-state index contributed by atoms with van der Waals surface area (Å²) >= 11 is 5.92. The third kappa shape index (κ3) is 5.19. The van der Waals surface area contributed by atoms with Crippen molar-refractivity contribution in [3.63, 3.8) is 0 Å². The van der Waals surface area contributed by atoms with Gasteiger partial charge in [0.25, 0.3) is 0 Å². The van der Waals surface area contributed by atoms with Crippen molar-refractivity contribution in [3.05, 3.63) is 95.0 Å². The van der Waals surface area contributed by atoms with E-state index in [1.54, 1.807) is 4.68 Å². The number of halogens is 1. The molecule has 6 nitrogen and oxygen atoms in total. The lowest BCUT2D eigenvalue weighted by Crippen LogP contribution is -2.16. The van der Waals surface area contributed by atoms with Crippen molar-refractivity contribution in [2.24, 2.45) is 0 Å². The second-order valence-electron chi connectivity index (χ2n) is 6.51. The van der Waals surface area contributed by atoms with Gasteiger partial charge in [-0.25, -0.2) is 0 Å². The van der Waals surface area contributed by atoms with Gasteiger partial charge in [0.15, 0.2) is 0 Å².